The molecule has 1 fully saturated rings. The van der Waals surface area contributed by atoms with E-state index in [-0.39, 0.29) is 5.91 Å². The zero-order valence-corrected chi connectivity index (χ0v) is 11.6. The molecule has 0 atom stereocenters. The van der Waals surface area contributed by atoms with Crippen LogP contribution in [0.5, 0.6) is 0 Å². The van der Waals surface area contributed by atoms with E-state index in [1.54, 1.807) is 11.3 Å². The highest BCUT2D eigenvalue weighted by Gasteiger charge is 2.41. The van der Waals surface area contributed by atoms with E-state index in [9.17, 15) is 4.79 Å². The lowest BCUT2D eigenvalue weighted by Gasteiger charge is -2.14. The van der Waals surface area contributed by atoms with Crippen molar-refractivity contribution >= 4 is 33.2 Å². The Balaban J connectivity index is 1.72. The molecule has 1 aromatic rings. The first kappa shape index (κ1) is 12.1. The molecule has 1 N–H and O–H groups in total. The topological polar surface area (TPSA) is 29.1 Å². The van der Waals surface area contributed by atoms with Crippen molar-refractivity contribution in [1.29, 1.82) is 0 Å². The van der Waals surface area contributed by atoms with E-state index < -0.39 is 0 Å². The van der Waals surface area contributed by atoms with Crippen molar-refractivity contribution in [3.05, 3.63) is 22.4 Å². The van der Waals surface area contributed by atoms with Crippen LogP contribution in [0.4, 0.5) is 0 Å². The molecule has 0 aromatic carbocycles. The molecule has 1 heterocycles. The van der Waals surface area contributed by atoms with Crippen LogP contribution in [0.25, 0.3) is 0 Å². The van der Waals surface area contributed by atoms with Crippen molar-refractivity contribution < 1.29 is 4.79 Å². The maximum Gasteiger partial charge on any atom is 0.224 e. The molecule has 0 unspecified atom stereocenters. The third kappa shape index (κ3) is 3.32. The minimum Gasteiger partial charge on any atom is -0.355 e. The standard InChI is InChI=1S/C12H16BrNOS/c13-5-4-12(2-3-12)9-14-11(15)7-10-1-6-16-8-10/h1,6,8H,2-5,7,9H2,(H,14,15). The van der Waals surface area contributed by atoms with Gasteiger partial charge in [-0.1, -0.05) is 15.9 Å². The van der Waals surface area contributed by atoms with Gasteiger partial charge in [0, 0.05) is 11.9 Å². The molecule has 4 heteroatoms. The Morgan fingerprint density at radius 3 is 2.94 bits per heavy atom. The van der Waals surface area contributed by atoms with E-state index in [2.05, 4.69) is 21.2 Å². The summed E-state index contributed by atoms with van der Waals surface area (Å²) < 4.78 is 0. The van der Waals surface area contributed by atoms with Crippen LogP contribution in [0.3, 0.4) is 0 Å². The highest BCUT2D eigenvalue weighted by Crippen LogP contribution is 2.48. The number of alkyl halides is 1. The summed E-state index contributed by atoms with van der Waals surface area (Å²) in [6, 6.07) is 2.01. The Bertz CT molecular complexity index is 346. The fourth-order valence-electron chi connectivity index (χ4n) is 1.82. The van der Waals surface area contributed by atoms with Crippen LogP contribution < -0.4 is 5.32 Å². The molecular weight excluding hydrogens is 286 g/mol. The van der Waals surface area contributed by atoms with Crippen molar-refractivity contribution in [1.82, 2.24) is 5.32 Å². The lowest BCUT2D eigenvalue weighted by molar-refractivity contribution is -0.120. The number of carbonyl (C=O) groups is 1. The Kier molecular flexibility index (Phi) is 4.03. The van der Waals surface area contributed by atoms with Crippen LogP contribution in [0.1, 0.15) is 24.8 Å². The molecule has 0 bridgehead atoms. The van der Waals surface area contributed by atoms with Gasteiger partial charge in [0.2, 0.25) is 5.91 Å². The summed E-state index contributed by atoms with van der Waals surface area (Å²) in [4.78, 5) is 11.7. The molecule has 2 nitrogen and oxygen atoms in total. The minimum absolute atomic E-state index is 0.152. The summed E-state index contributed by atoms with van der Waals surface area (Å²) in [5.74, 6) is 0.152. The maximum absolute atomic E-state index is 11.7. The summed E-state index contributed by atoms with van der Waals surface area (Å²) in [7, 11) is 0. The predicted octanol–water partition coefficient (Wildman–Crippen LogP) is 2.97. The Labute approximate surface area is 109 Å². The first-order valence-corrected chi connectivity index (χ1v) is 7.64. The van der Waals surface area contributed by atoms with Gasteiger partial charge in [-0.05, 0) is 47.1 Å². The van der Waals surface area contributed by atoms with E-state index in [0.29, 0.717) is 11.8 Å². The number of amides is 1. The third-order valence-electron chi connectivity index (χ3n) is 3.19. The van der Waals surface area contributed by atoms with Gasteiger partial charge in [0.1, 0.15) is 0 Å². The van der Waals surface area contributed by atoms with E-state index in [1.165, 1.54) is 19.3 Å². The summed E-state index contributed by atoms with van der Waals surface area (Å²) in [5, 5.41) is 8.13. The molecule has 0 aliphatic heterocycles. The zero-order valence-electron chi connectivity index (χ0n) is 9.17. The molecule has 0 radical (unpaired) electrons. The zero-order chi connectivity index (χ0) is 11.4. The highest BCUT2D eigenvalue weighted by atomic mass is 79.9. The van der Waals surface area contributed by atoms with E-state index in [1.807, 2.05) is 16.8 Å². The summed E-state index contributed by atoms with van der Waals surface area (Å²) in [5.41, 5.74) is 1.53. The first-order valence-electron chi connectivity index (χ1n) is 5.58. The van der Waals surface area contributed by atoms with Gasteiger partial charge in [0.15, 0.2) is 0 Å². The van der Waals surface area contributed by atoms with Crippen LogP contribution in [0.2, 0.25) is 0 Å². The van der Waals surface area contributed by atoms with Crippen molar-refractivity contribution in [2.45, 2.75) is 25.7 Å². The molecule has 0 saturated heterocycles. The second kappa shape index (κ2) is 5.32. The average Bonchev–Trinajstić information content (AvgIpc) is 2.83. The van der Waals surface area contributed by atoms with Gasteiger partial charge in [-0.25, -0.2) is 0 Å². The van der Waals surface area contributed by atoms with Crippen molar-refractivity contribution in [2.75, 3.05) is 11.9 Å². The third-order valence-corrected chi connectivity index (χ3v) is 4.32. The van der Waals surface area contributed by atoms with Crippen molar-refractivity contribution in [2.24, 2.45) is 5.41 Å². The lowest BCUT2D eigenvalue weighted by atomic mass is 10.0. The fourth-order valence-corrected chi connectivity index (χ4v) is 3.33. The monoisotopic (exact) mass is 301 g/mol. The molecule has 1 amide bonds. The molecule has 0 spiro atoms. The number of thiophene rings is 1. The van der Waals surface area contributed by atoms with Gasteiger partial charge in [-0.3, -0.25) is 4.79 Å². The fraction of sp³-hybridized carbons (Fsp3) is 0.583. The van der Waals surface area contributed by atoms with Crippen LogP contribution in [-0.2, 0) is 11.2 Å². The Morgan fingerprint density at radius 2 is 2.38 bits per heavy atom. The van der Waals surface area contributed by atoms with Gasteiger partial charge in [-0.2, -0.15) is 11.3 Å². The van der Waals surface area contributed by atoms with Crippen LogP contribution in [-0.4, -0.2) is 17.8 Å². The number of hydrogen-bond acceptors (Lipinski definition) is 2. The predicted molar refractivity (Wildman–Crippen MR) is 71.1 cm³/mol. The van der Waals surface area contributed by atoms with Gasteiger partial charge >= 0.3 is 0 Å². The molecule has 88 valence electrons. The smallest absolute Gasteiger partial charge is 0.224 e. The summed E-state index contributed by atoms with van der Waals surface area (Å²) in [6.45, 7) is 0.849. The summed E-state index contributed by atoms with van der Waals surface area (Å²) >= 11 is 5.11. The minimum atomic E-state index is 0.152. The van der Waals surface area contributed by atoms with Gasteiger partial charge < -0.3 is 5.32 Å². The van der Waals surface area contributed by atoms with Gasteiger partial charge in [0.25, 0.3) is 0 Å². The number of rotatable bonds is 6. The SMILES string of the molecule is O=C(Cc1ccsc1)NCC1(CCBr)CC1. The second-order valence-electron chi connectivity index (χ2n) is 4.52. The molecular formula is C12H16BrNOS. The van der Waals surface area contributed by atoms with E-state index in [4.69, 9.17) is 0 Å². The number of halogens is 1. The molecule has 1 aliphatic rings. The van der Waals surface area contributed by atoms with Crippen LogP contribution in [0, 0.1) is 5.41 Å². The largest absolute Gasteiger partial charge is 0.355 e. The molecule has 1 aliphatic carbocycles. The van der Waals surface area contributed by atoms with Crippen molar-refractivity contribution in [3.8, 4) is 0 Å². The summed E-state index contributed by atoms with van der Waals surface area (Å²) in [6.07, 6.45) is 4.22. The van der Waals surface area contributed by atoms with Crippen LogP contribution in [0.15, 0.2) is 16.8 Å². The quantitative estimate of drug-likeness (QED) is 0.804. The Hall–Kier alpha value is -0.350. The molecule has 2 rings (SSSR count). The van der Waals surface area contributed by atoms with Gasteiger partial charge in [0.05, 0.1) is 6.42 Å². The van der Waals surface area contributed by atoms with Crippen LogP contribution >= 0.6 is 27.3 Å². The van der Waals surface area contributed by atoms with Crippen molar-refractivity contribution in [3.63, 3.8) is 0 Å². The average molecular weight is 302 g/mol. The second-order valence-corrected chi connectivity index (χ2v) is 6.10. The number of nitrogens with one attached hydrogen (secondary N) is 1. The number of carbonyl (C=O) groups excluding carboxylic acids is 1. The first-order chi connectivity index (χ1) is 7.74. The normalized spacial score (nSPS) is 17.1. The van der Waals surface area contributed by atoms with E-state index >= 15 is 0 Å². The number of hydrogen-bond donors (Lipinski definition) is 1. The molecule has 16 heavy (non-hydrogen) atoms. The van der Waals surface area contributed by atoms with Gasteiger partial charge in [-0.15, -0.1) is 0 Å². The Morgan fingerprint density at radius 1 is 1.56 bits per heavy atom. The molecule has 1 aromatic heterocycles. The highest BCUT2D eigenvalue weighted by molar-refractivity contribution is 9.09. The maximum atomic E-state index is 11.7. The molecule has 1 saturated carbocycles. The lowest BCUT2D eigenvalue weighted by Crippen LogP contribution is -2.31. The van der Waals surface area contributed by atoms with E-state index in [0.717, 1.165) is 17.4 Å².